The van der Waals surface area contributed by atoms with Gasteiger partial charge in [-0.25, -0.2) is 4.98 Å². The van der Waals surface area contributed by atoms with Crippen molar-refractivity contribution in [3.8, 4) is 5.75 Å². The first-order valence-electron chi connectivity index (χ1n) is 8.58. The molecule has 0 aliphatic carbocycles. The van der Waals surface area contributed by atoms with Gasteiger partial charge in [0.1, 0.15) is 11.3 Å². The van der Waals surface area contributed by atoms with Crippen LogP contribution in [-0.4, -0.2) is 49.6 Å². The van der Waals surface area contributed by atoms with Gasteiger partial charge in [0.05, 0.1) is 17.7 Å². The molecule has 3 aromatic rings. The zero-order valence-corrected chi connectivity index (χ0v) is 16.9. The summed E-state index contributed by atoms with van der Waals surface area (Å²) in [5, 5.41) is 2.73. The first-order chi connectivity index (χ1) is 12.6. The number of carbonyl (C=O) groups excluding carboxylic acids is 1. The van der Waals surface area contributed by atoms with Gasteiger partial charge in [-0.1, -0.05) is 23.5 Å². The van der Waals surface area contributed by atoms with E-state index in [9.17, 15) is 4.79 Å². The van der Waals surface area contributed by atoms with E-state index in [1.54, 1.807) is 16.2 Å². The van der Waals surface area contributed by atoms with Gasteiger partial charge in [0.2, 0.25) is 5.91 Å². The van der Waals surface area contributed by atoms with Crippen LogP contribution < -0.4 is 9.64 Å². The fraction of sp³-hybridized carbons (Fsp3) is 0.368. The number of nitrogens with zero attached hydrogens (tertiary/aromatic N) is 3. The summed E-state index contributed by atoms with van der Waals surface area (Å²) in [5.74, 6) is 0.845. The van der Waals surface area contributed by atoms with E-state index in [1.807, 2.05) is 56.7 Å². The normalized spacial score (nSPS) is 11.2. The lowest BCUT2D eigenvalue weighted by molar-refractivity contribution is -0.118. The zero-order chi connectivity index (χ0) is 18.5. The van der Waals surface area contributed by atoms with Crippen LogP contribution in [0.15, 0.2) is 35.7 Å². The maximum absolute atomic E-state index is 13.0. The number of hydrogen-bond acceptors (Lipinski definition) is 6. The summed E-state index contributed by atoms with van der Waals surface area (Å²) < 4.78 is 6.72. The highest BCUT2D eigenvalue weighted by atomic mass is 32.1. The third-order valence-electron chi connectivity index (χ3n) is 3.88. The number of amides is 1. The zero-order valence-electron chi connectivity index (χ0n) is 15.3. The molecular weight excluding hydrogens is 366 g/mol. The van der Waals surface area contributed by atoms with Gasteiger partial charge in [-0.3, -0.25) is 9.69 Å². The summed E-state index contributed by atoms with van der Waals surface area (Å²) in [4.78, 5) is 22.7. The summed E-state index contributed by atoms with van der Waals surface area (Å²) in [7, 11) is 4.01. The molecule has 1 aromatic carbocycles. The molecular formula is C19H23N3O2S2. The number of benzene rings is 1. The van der Waals surface area contributed by atoms with E-state index in [-0.39, 0.29) is 5.91 Å². The molecule has 2 heterocycles. The van der Waals surface area contributed by atoms with Gasteiger partial charge in [-0.15, -0.1) is 11.3 Å². The minimum absolute atomic E-state index is 0.0753. The lowest BCUT2D eigenvalue weighted by Crippen LogP contribution is -2.37. The minimum atomic E-state index is 0.0753. The van der Waals surface area contributed by atoms with Gasteiger partial charge in [0, 0.05) is 18.0 Å². The van der Waals surface area contributed by atoms with Crippen molar-refractivity contribution in [3.63, 3.8) is 0 Å². The monoisotopic (exact) mass is 389 g/mol. The van der Waals surface area contributed by atoms with E-state index < -0.39 is 0 Å². The van der Waals surface area contributed by atoms with Crippen LogP contribution in [0.5, 0.6) is 5.75 Å². The number of hydrogen-bond donors (Lipinski definition) is 0. The lowest BCUT2D eigenvalue weighted by Gasteiger charge is -2.21. The van der Waals surface area contributed by atoms with Crippen molar-refractivity contribution in [2.75, 3.05) is 38.7 Å². The van der Waals surface area contributed by atoms with Crippen molar-refractivity contribution < 1.29 is 9.53 Å². The molecule has 0 saturated carbocycles. The molecule has 2 aromatic heterocycles. The van der Waals surface area contributed by atoms with Crippen LogP contribution in [0.4, 0.5) is 5.13 Å². The van der Waals surface area contributed by atoms with E-state index in [4.69, 9.17) is 9.72 Å². The third kappa shape index (κ3) is 4.41. The second kappa shape index (κ2) is 8.62. The molecule has 0 unspecified atom stereocenters. The van der Waals surface area contributed by atoms with Gasteiger partial charge >= 0.3 is 0 Å². The van der Waals surface area contributed by atoms with Gasteiger partial charge in [-0.2, -0.15) is 0 Å². The molecule has 138 valence electrons. The maximum atomic E-state index is 13.0. The summed E-state index contributed by atoms with van der Waals surface area (Å²) in [5.41, 5.74) is 0.827. The van der Waals surface area contributed by atoms with Crippen molar-refractivity contribution in [2.24, 2.45) is 0 Å². The number of rotatable bonds is 8. The summed E-state index contributed by atoms with van der Waals surface area (Å²) in [6.07, 6.45) is 0.402. The summed E-state index contributed by atoms with van der Waals surface area (Å²) >= 11 is 3.14. The quantitative estimate of drug-likeness (QED) is 0.586. The molecule has 0 aliphatic rings. The average molecular weight is 390 g/mol. The molecule has 0 radical (unpaired) electrons. The highest BCUT2D eigenvalue weighted by molar-refractivity contribution is 7.22. The Balaban J connectivity index is 1.91. The number of fused-ring (bicyclic) bond motifs is 1. The SMILES string of the molecule is CCOc1cccc2sc(N(CCN(C)C)C(=O)Cc3cccs3)nc12. The second-order valence-electron chi connectivity index (χ2n) is 6.14. The van der Waals surface area contributed by atoms with E-state index >= 15 is 0 Å². The molecule has 0 atom stereocenters. The Morgan fingerprint density at radius 3 is 2.73 bits per heavy atom. The number of thiophene rings is 1. The number of aromatic nitrogens is 1. The molecule has 7 heteroatoms. The summed E-state index contributed by atoms with van der Waals surface area (Å²) in [6, 6.07) is 9.88. The Bertz CT molecular complexity index is 859. The Kier molecular flexibility index (Phi) is 6.24. The van der Waals surface area contributed by atoms with Crippen LogP contribution in [-0.2, 0) is 11.2 Å². The van der Waals surface area contributed by atoms with Crippen LogP contribution in [0.25, 0.3) is 10.2 Å². The molecule has 26 heavy (non-hydrogen) atoms. The first-order valence-corrected chi connectivity index (χ1v) is 10.3. The Labute approximate surface area is 161 Å². The lowest BCUT2D eigenvalue weighted by atomic mass is 10.3. The van der Waals surface area contributed by atoms with Crippen LogP contribution in [0.1, 0.15) is 11.8 Å². The molecule has 3 rings (SSSR count). The van der Waals surface area contributed by atoms with Gasteiger partial charge in [0.15, 0.2) is 5.13 Å². The van der Waals surface area contributed by atoms with Crippen molar-refractivity contribution in [2.45, 2.75) is 13.3 Å². The fourth-order valence-corrected chi connectivity index (χ4v) is 4.31. The van der Waals surface area contributed by atoms with Crippen molar-refractivity contribution in [3.05, 3.63) is 40.6 Å². The van der Waals surface area contributed by atoms with E-state index in [0.29, 0.717) is 19.6 Å². The number of anilines is 1. The number of ether oxygens (including phenoxy) is 1. The second-order valence-corrected chi connectivity index (χ2v) is 8.18. The predicted octanol–water partition coefficient (Wildman–Crippen LogP) is 3.89. The number of likely N-dealkylation sites (N-methyl/N-ethyl adjacent to an activating group) is 1. The van der Waals surface area contributed by atoms with Crippen molar-refractivity contribution in [1.29, 1.82) is 0 Å². The molecule has 5 nitrogen and oxygen atoms in total. The van der Waals surface area contributed by atoms with Crippen molar-refractivity contribution >= 4 is 43.9 Å². The fourth-order valence-electron chi connectivity index (χ4n) is 2.58. The Hall–Kier alpha value is -1.96. The number of carbonyl (C=O) groups is 1. The standard InChI is InChI=1S/C19H23N3O2S2/c1-4-24-15-8-5-9-16-18(15)20-19(26-16)22(11-10-21(2)3)17(23)13-14-7-6-12-25-14/h5-9,12H,4,10-11,13H2,1-3H3. The predicted molar refractivity (Wildman–Crippen MR) is 110 cm³/mol. The molecule has 0 fully saturated rings. The van der Waals surface area contributed by atoms with Crippen molar-refractivity contribution in [1.82, 2.24) is 9.88 Å². The highest BCUT2D eigenvalue weighted by Crippen LogP contribution is 2.34. The number of para-hydroxylation sites is 1. The molecule has 0 spiro atoms. The topological polar surface area (TPSA) is 45.7 Å². The summed E-state index contributed by atoms with van der Waals surface area (Å²) in [6.45, 7) is 3.94. The van der Waals surface area contributed by atoms with Crippen LogP contribution >= 0.6 is 22.7 Å². The molecule has 1 amide bonds. The Morgan fingerprint density at radius 1 is 1.19 bits per heavy atom. The average Bonchev–Trinajstić information content (AvgIpc) is 3.25. The van der Waals surface area contributed by atoms with Gasteiger partial charge < -0.3 is 9.64 Å². The maximum Gasteiger partial charge on any atom is 0.234 e. The smallest absolute Gasteiger partial charge is 0.234 e. The van der Waals surface area contributed by atoms with Crippen LogP contribution in [0.3, 0.4) is 0 Å². The first kappa shape index (κ1) is 18.8. The van der Waals surface area contributed by atoms with E-state index in [1.165, 1.54) is 11.3 Å². The largest absolute Gasteiger partial charge is 0.492 e. The molecule has 0 N–H and O–H groups in total. The highest BCUT2D eigenvalue weighted by Gasteiger charge is 2.21. The van der Waals surface area contributed by atoms with Gasteiger partial charge in [-0.05, 0) is 44.6 Å². The van der Waals surface area contributed by atoms with E-state index in [2.05, 4.69) is 4.90 Å². The minimum Gasteiger partial charge on any atom is -0.492 e. The molecule has 0 bridgehead atoms. The van der Waals surface area contributed by atoms with E-state index in [0.717, 1.165) is 32.5 Å². The molecule has 0 saturated heterocycles. The molecule has 0 aliphatic heterocycles. The van der Waals surface area contributed by atoms with Crippen LogP contribution in [0.2, 0.25) is 0 Å². The Morgan fingerprint density at radius 2 is 2.04 bits per heavy atom. The van der Waals surface area contributed by atoms with Gasteiger partial charge in [0.25, 0.3) is 0 Å². The number of thiazole rings is 1. The van der Waals surface area contributed by atoms with Crippen LogP contribution in [0, 0.1) is 0 Å². The third-order valence-corrected chi connectivity index (χ3v) is 5.80.